The van der Waals surface area contributed by atoms with Crippen molar-refractivity contribution in [3.05, 3.63) is 18.0 Å². The van der Waals surface area contributed by atoms with Gasteiger partial charge < -0.3 is 9.67 Å². The second-order valence-corrected chi connectivity index (χ2v) is 8.08. The van der Waals surface area contributed by atoms with Crippen molar-refractivity contribution in [3.63, 3.8) is 0 Å². The standard InChI is InChI=1S/C13H22N2O4S2/c1-5-20-8-10(4)14-21(18,19)11-6-12(13(16)17)15(7-11)9(2)3/h6-7,9-10,14H,5,8H2,1-4H3,(H,16,17). The average molecular weight is 334 g/mol. The van der Waals surface area contributed by atoms with Crippen molar-refractivity contribution in [2.75, 3.05) is 11.5 Å². The Kier molecular flexibility index (Phi) is 6.30. The zero-order chi connectivity index (χ0) is 16.2. The Bertz CT molecular complexity index is 593. The third-order valence-electron chi connectivity index (χ3n) is 2.84. The number of nitrogens with zero attached hydrogens (tertiary/aromatic N) is 1. The van der Waals surface area contributed by atoms with Gasteiger partial charge in [0.2, 0.25) is 10.0 Å². The summed E-state index contributed by atoms with van der Waals surface area (Å²) in [6.07, 6.45) is 1.37. The number of sulfonamides is 1. The molecule has 6 nitrogen and oxygen atoms in total. The van der Waals surface area contributed by atoms with Crippen LogP contribution in [-0.2, 0) is 10.0 Å². The highest BCUT2D eigenvalue weighted by molar-refractivity contribution is 7.99. The minimum Gasteiger partial charge on any atom is -0.477 e. The van der Waals surface area contributed by atoms with Gasteiger partial charge in [-0.05, 0) is 32.6 Å². The number of nitrogens with one attached hydrogen (secondary N) is 1. The molecule has 0 aliphatic heterocycles. The summed E-state index contributed by atoms with van der Waals surface area (Å²) in [5, 5.41) is 9.15. The Morgan fingerprint density at radius 3 is 2.48 bits per heavy atom. The van der Waals surface area contributed by atoms with E-state index in [0.29, 0.717) is 5.75 Å². The largest absolute Gasteiger partial charge is 0.477 e. The molecule has 0 fully saturated rings. The van der Waals surface area contributed by atoms with Gasteiger partial charge in [0.1, 0.15) is 10.6 Å². The van der Waals surface area contributed by atoms with Gasteiger partial charge in [0.25, 0.3) is 0 Å². The van der Waals surface area contributed by atoms with Crippen LogP contribution in [0, 0.1) is 0 Å². The first-order chi connectivity index (χ1) is 9.69. The molecular formula is C13H22N2O4S2. The Hall–Kier alpha value is -0.990. The molecule has 8 heteroatoms. The number of aromatic carboxylic acids is 1. The van der Waals surface area contributed by atoms with E-state index < -0.39 is 16.0 Å². The van der Waals surface area contributed by atoms with Crippen molar-refractivity contribution >= 4 is 27.8 Å². The Morgan fingerprint density at radius 2 is 2.05 bits per heavy atom. The molecule has 1 atom stereocenters. The topological polar surface area (TPSA) is 88.4 Å². The van der Waals surface area contributed by atoms with Crippen LogP contribution >= 0.6 is 11.8 Å². The number of carbonyl (C=O) groups is 1. The van der Waals surface area contributed by atoms with Crippen LogP contribution in [0.1, 0.15) is 44.2 Å². The van der Waals surface area contributed by atoms with E-state index in [1.54, 1.807) is 32.5 Å². The summed E-state index contributed by atoms with van der Waals surface area (Å²) in [6.45, 7) is 7.40. The maximum absolute atomic E-state index is 12.3. The van der Waals surface area contributed by atoms with Gasteiger partial charge in [-0.3, -0.25) is 0 Å². The average Bonchev–Trinajstić information content (AvgIpc) is 2.81. The molecule has 0 aliphatic rings. The molecule has 21 heavy (non-hydrogen) atoms. The first-order valence-electron chi connectivity index (χ1n) is 6.74. The molecule has 1 heterocycles. The summed E-state index contributed by atoms with van der Waals surface area (Å²) in [7, 11) is -3.71. The van der Waals surface area contributed by atoms with Crippen molar-refractivity contribution in [1.82, 2.24) is 9.29 Å². The number of carboxylic acids is 1. The Labute approximate surface area is 130 Å². The first kappa shape index (κ1) is 18.1. The van der Waals surface area contributed by atoms with E-state index in [2.05, 4.69) is 4.72 Å². The van der Waals surface area contributed by atoms with Gasteiger partial charge in [-0.1, -0.05) is 6.92 Å². The zero-order valence-electron chi connectivity index (χ0n) is 12.7. The summed E-state index contributed by atoms with van der Waals surface area (Å²) in [5.41, 5.74) is -0.0269. The van der Waals surface area contributed by atoms with E-state index >= 15 is 0 Å². The summed E-state index contributed by atoms with van der Waals surface area (Å²) in [5.74, 6) is 0.450. The molecule has 0 saturated carbocycles. The summed E-state index contributed by atoms with van der Waals surface area (Å²) >= 11 is 1.64. The molecule has 1 unspecified atom stereocenters. The number of hydrogen-bond donors (Lipinski definition) is 2. The minimum atomic E-state index is -3.71. The fraction of sp³-hybridized carbons (Fsp3) is 0.615. The number of aromatic nitrogens is 1. The molecule has 0 aliphatic carbocycles. The van der Waals surface area contributed by atoms with Crippen LogP contribution in [0.4, 0.5) is 0 Å². The normalized spacial score (nSPS) is 13.6. The molecule has 1 aromatic rings. The Morgan fingerprint density at radius 1 is 1.43 bits per heavy atom. The summed E-state index contributed by atoms with van der Waals surface area (Å²) in [6, 6.07) is 0.855. The summed E-state index contributed by atoms with van der Waals surface area (Å²) in [4.78, 5) is 11.2. The van der Waals surface area contributed by atoms with E-state index in [0.717, 1.165) is 5.75 Å². The van der Waals surface area contributed by atoms with Crippen LogP contribution in [0.5, 0.6) is 0 Å². The van der Waals surface area contributed by atoms with Crippen molar-refractivity contribution in [2.45, 2.75) is 44.7 Å². The minimum absolute atomic E-state index is 0.0121. The first-order valence-corrected chi connectivity index (χ1v) is 9.38. The third kappa shape index (κ3) is 4.76. The SMILES string of the molecule is CCSCC(C)NS(=O)(=O)c1cc(C(=O)O)n(C(C)C)c1. The smallest absolute Gasteiger partial charge is 0.352 e. The van der Waals surface area contributed by atoms with Crippen LogP contribution in [0.2, 0.25) is 0 Å². The molecule has 0 bridgehead atoms. The van der Waals surface area contributed by atoms with E-state index in [1.165, 1.54) is 16.8 Å². The van der Waals surface area contributed by atoms with E-state index in [-0.39, 0.29) is 22.7 Å². The molecule has 0 amide bonds. The Balaban J connectivity index is 3.03. The van der Waals surface area contributed by atoms with Crippen LogP contribution in [0.3, 0.4) is 0 Å². The van der Waals surface area contributed by atoms with Gasteiger partial charge in [0.05, 0.1) is 0 Å². The van der Waals surface area contributed by atoms with Crippen LogP contribution in [-0.4, -0.2) is 41.6 Å². The van der Waals surface area contributed by atoms with Crippen LogP contribution in [0.25, 0.3) is 0 Å². The second-order valence-electron chi connectivity index (χ2n) is 5.05. The monoisotopic (exact) mass is 334 g/mol. The van der Waals surface area contributed by atoms with Gasteiger partial charge in [-0.15, -0.1) is 0 Å². The van der Waals surface area contributed by atoms with E-state index in [4.69, 9.17) is 5.11 Å². The fourth-order valence-electron chi connectivity index (χ4n) is 1.86. The van der Waals surface area contributed by atoms with Gasteiger partial charge in [0, 0.05) is 24.0 Å². The molecule has 0 spiro atoms. The van der Waals surface area contributed by atoms with Crippen molar-refractivity contribution in [2.24, 2.45) is 0 Å². The number of rotatable bonds is 8. The third-order valence-corrected chi connectivity index (χ3v) is 5.54. The second kappa shape index (κ2) is 7.33. The van der Waals surface area contributed by atoms with E-state index in [1.807, 2.05) is 6.92 Å². The quantitative estimate of drug-likeness (QED) is 0.761. The lowest BCUT2D eigenvalue weighted by atomic mass is 10.3. The highest BCUT2D eigenvalue weighted by Gasteiger charge is 2.23. The van der Waals surface area contributed by atoms with Crippen LogP contribution < -0.4 is 4.72 Å². The van der Waals surface area contributed by atoms with Gasteiger partial charge >= 0.3 is 5.97 Å². The van der Waals surface area contributed by atoms with E-state index in [9.17, 15) is 13.2 Å². The fourth-order valence-corrected chi connectivity index (χ4v) is 3.91. The maximum Gasteiger partial charge on any atom is 0.352 e. The molecule has 0 aromatic carbocycles. The molecule has 0 saturated heterocycles. The predicted molar refractivity (Wildman–Crippen MR) is 84.6 cm³/mol. The number of hydrogen-bond acceptors (Lipinski definition) is 4. The van der Waals surface area contributed by atoms with Crippen LogP contribution in [0.15, 0.2) is 17.2 Å². The maximum atomic E-state index is 12.3. The predicted octanol–water partition coefficient (Wildman–Crippen LogP) is 2.19. The van der Waals surface area contributed by atoms with Gasteiger partial charge in [0.15, 0.2) is 0 Å². The van der Waals surface area contributed by atoms with Gasteiger partial charge in [-0.25, -0.2) is 17.9 Å². The molecule has 1 aromatic heterocycles. The molecular weight excluding hydrogens is 312 g/mol. The van der Waals surface area contributed by atoms with Crippen molar-refractivity contribution in [1.29, 1.82) is 0 Å². The molecule has 120 valence electrons. The van der Waals surface area contributed by atoms with Gasteiger partial charge in [-0.2, -0.15) is 11.8 Å². The number of thioether (sulfide) groups is 1. The lowest BCUT2D eigenvalue weighted by molar-refractivity contribution is 0.0683. The van der Waals surface area contributed by atoms with Crippen molar-refractivity contribution in [3.8, 4) is 0 Å². The molecule has 0 radical (unpaired) electrons. The molecule has 1 rings (SSSR count). The highest BCUT2D eigenvalue weighted by Crippen LogP contribution is 2.19. The lowest BCUT2D eigenvalue weighted by Gasteiger charge is -2.12. The number of carboxylic acid groups (broad SMARTS) is 1. The summed E-state index contributed by atoms with van der Waals surface area (Å²) < 4.78 is 28.6. The lowest BCUT2D eigenvalue weighted by Crippen LogP contribution is -2.34. The zero-order valence-corrected chi connectivity index (χ0v) is 14.3. The molecule has 2 N–H and O–H groups in total. The highest BCUT2D eigenvalue weighted by atomic mass is 32.2. The van der Waals surface area contributed by atoms with Crippen molar-refractivity contribution < 1.29 is 18.3 Å².